The third kappa shape index (κ3) is 6.02. The van der Waals surface area contributed by atoms with E-state index in [0.29, 0.717) is 0 Å². The summed E-state index contributed by atoms with van der Waals surface area (Å²) < 4.78 is 20.1. The van der Waals surface area contributed by atoms with Gasteiger partial charge in [-0.2, -0.15) is 0 Å². The van der Waals surface area contributed by atoms with Crippen LogP contribution in [-0.4, -0.2) is 48.8 Å². The van der Waals surface area contributed by atoms with Crippen LogP contribution in [0.3, 0.4) is 0 Å². The monoisotopic (exact) mass is 190 g/mol. The molecule has 0 aromatic heterocycles. The molecule has 0 amide bonds. The number of carbonyl (C=O) groups excluding carboxylic acids is 1. The standard InChI is InChI=1S/C5H11O4P.Na.H/c1-3-8-10(7,5-6)9-4-2;;/h5H,3-4H2,1-2H3;;. The second-order valence-corrected chi connectivity index (χ2v) is 3.29. The molecule has 0 atom stereocenters. The van der Waals surface area contributed by atoms with E-state index in [1.54, 1.807) is 13.8 Å². The first kappa shape index (κ1) is 14.3. The fourth-order valence-electron chi connectivity index (χ4n) is 0.458. The Morgan fingerprint density at radius 2 is 1.64 bits per heavy atom. The predicted octanol–water partition coefficient (Wildman–Crippen LogP) is 0.794. The van der Waals surface area contributed by atoms with Crippen LogP contribution in [-0.2, 0) is 18.4 Å². The molecule has 0 aromatic carbocycles. The van der Waals surface area contributed by atoms with Gasteiger partial charge < -0.3 is 9.05 Å². The zero-order valence-corrected chi connectivity index (χ0v) is 6.97. The van der Waals surface area contributed by atoms with E-state index in [9.17, 15) is 9.36 Å². The van der Waals surface area contributed by atoms with E-state index < -0.39 is 7.60 Å². The molecule has 0 saturated carbocycles. The Hall–Kier alpha value is 0.820. The summed E-state index contributed by atoms with van der Waals surface area (Å²) in [5.41, 5.74) is 0. The van der Waals surface area contributed by atoms with Crippen LogP contribution in [0.2, 0.25) is 0 Å². The first-order chi connectivity index (χ1) is 4.68. The topological polar surface area (TPSA) is 52.6 Å². The number of rotatable bonds is 5. The van der Waals surface area contributed by atoms with Crippen LogP contribution in [0.4, 0.5) is 0 Å². The van der Waals surface area contributed by atoms with Crippen molar-refractivity contribution in [2.24, 2.45) is 0 Å². The van der Waals surface area contributed by atoms with E-state index in [4.69, 9.17) is 0 Å². The number of hydrogen-bond donors (Lipinski definition) is 0. The first-order valence-corrected chi connectivity index (χ1v) is 4.65. The molecule has 0 radical (unpaired) electrons. The van der Waals surface area contributed by atoms with Gasteiger partial charge in [0.15, 0.2) is 0 Å². The van der Waals surface area contributed by atoms with Gasteiger partial charge in [0, 0.05) is 0 Å². The van der Waals surface area contributed by atoms with Crippen molar-refractivity contribution < 1.29 is 18.4 Å². The molecule has 0 aliphatic heterocycles. The summed E-state index contributed by atoms with van der Waals surface area (Å²) in [6, 6.07) is 0.222. The van der Waals surface area contributed by atoms with E-state index in [-0.39, 0.29) is 48.8 Å². The molecule has 11 heavy (non-hydrogen) atoms. The van der Waals surface area contributed by atoms with Crippen LogP contribution in [0, 0.1) is 0 Å². The van der Waals surface area contributed by atoms with Gasteiger partial charge in [-0.3, -0.25) is 9.36 Å². The van der Waals surface area contributed by atoms with Gasteiger partial charge in [-0.15, -0.1) is 0 Å². The molecule has 0 fully saturated rings. The molecule has 0 aromatic rings. The van der Waals surface area contributed by atoms with E-state index in [1.807, 2.05) is 0 Å². The van der Waals surface area contributed by atoms with Crippen LogP contribution in [0.1, 0.15) is 13.8 Å². The van der Waals surface area contributed by atoms with E-state index in [1.165, 1.54) is 0 Å². The minimum absolute atomic E-state index is 0. The van der Waals surface area contributed by atoms with Crippen LogP contribution in [0.25, 0.3) is 0 Å². The molecule has 0 saturated heterocycles. The third-order valence-corrected chi connectivity index (χ3v) is 2.24. The molecule has 0 spiro atoms. The summed E-state index contributed by atoms with van der Waals surface area (Å²) in [5.74, 6) is 0. The SMILES string of the molecule is CCOP(=O)(C=O)OCC.[NaH]. The molecular formula is C5H12NaO4P. The molecule has 0 aliphatic rings. The molecule has 62 valence electrons. The summed E-state index contributed by atoms with van der Waals surface area (Å²) in [4.78, 5) is 10.1. The molecule has 0 heterocycles. The molecule has 0 rings (SSSR count). The molecule has 0 bridgehead atoms. The summed E-state index contributed by atoms with van der Waals surface area (Å²) in [7, 11) is -3.38. The fraction of sp³-hybridized carbons (Fsp3) is 0.800. The van der Waals surface area contributed by atoms with Gasteiger partial charge in [0.2, 0.25) is 6.03 Å². The van der Waals surface area contributed by atoms with Gasteiger partial charge >= 0.3 is 37.2 Å². The predicted molar refractivity (Wildman–Crippen MR) is 44.8 cm³/mol. The van der Waals surface area contributed by atoms with E-state index in [0.717, 1.165) is 0 Å². The Morgan fingerprint density at radius 1 is 1.27 bits per heavy atom. The Bertz CT molecular complexity index is 139. The average Bonchev–Trinajstić information content (AvgIpc) is 1.89. The van der Waals surface area contributed by atoms with Gasteiger partial charge in [0.1, 0.15) is 0 Å². The van der Waals surface area contributed by atoms with Crippen molar-refractivity contribution in [1.82, 2.24) is 0 Å². The fourth-order valence-corrected chi connectivity index (χ4v) is 1.37. The van der Waals surface area contributed by atoms with Gasteiger partial charge in [-0.1, -0.05) is 0 Å². The normalized spacial score (nSPS) is 10.4. The second kappa shape index (κ2) is 7.47. The molecule has 0 aliphatic carbocycles. The van der Waals surface area contributed by atoms with Gasteiger partial charge in [0.05, 0.1) is 13.2 Å². The Morgan fingerprint density at radius 3 is 1.82 bits per heavy atom. The number of hydrogen-bond acceptors (Lipinski definition) is 4. The number of carbonyl (C=O) groups is 1. The van der Waals surface area contributed by atoms with E-state index in [2.05, 4.69) is 9.05 Å². The van der Waals surface area contributed by atoms with Crippen molar-refractivity contribution in [2.45, 2.75) is 13.8 Å². The van der Waals surface area contributed by atoms with Crippen LogP contribution in [0.15, 0.2) is 0 Å². The van der Waals surface area contributed by atoms with Crippen molar-refractivity contribution in [2.75, 3.05) is 13.2 Å². The summed E-state index contributed by atoms with van der Waals surface area (Å²) in [5, 5.41) is 0. The van der Waals surface area contributed by atoms with Crippen LogP contribution < -0.4 is 0 Å². The van der Waals surface area contributed by atoms with Gasteiger partial charge in [-0.25, -0.2) is 0 Å². The Balaban J connectivity index is 0. The molecule has 6 heteroatoms. The Kier molecular flexibility index (Phi) is 9.74. The van der Waals surface area contributed by atoms with Crippen molar-refractivity contribution in [3.8, 4) is 0 Å². The van der Waals surface area contributed by atoms with Crippen LogP contribution in [0.5, 0.6) is 0 Å². The van der Waals surface area contributed by atoms with Crippen molar-refractivity contribution >= 4 is 43.2 Å². The summed E-state index contributed by atoms with van der Waals surface area (Å²) in [6.07, 6.45) is 0. The van der Waals surface area contributed by atoms with Crippen molar-refractivity contribution in [3.63, 3.8) is 0 Å². The third-order valence-electron chi connectivity index (χ3n) is 0.747. The summed E-state index contributed by atoms with van der Waals surface area (Å²) in [6.45, 7) is 3.73. The minimum atomic E-state index is -3.38. The average molecular weight is 190 g/mol. The maximum absolute atomic E-state index is 11.0. The zero-order valence-electron chi connectivity index (χ0n) is 6.07. The second-order valence-electron chi connectivity index (χ2n) is 1.48. The quantitative estimate of drug-likeness (QED) is 0.365. The van der Waals surface area contributed by atoms with Crippen LogP contribution >= 0.6 is 7.60 Å². The van der Waals surface area contributed by atoms with E-state index >= 15 is 0 Å². The Labute approximate surface area is 88.5 Å². The zero-order chi connectivity index (χ0) is 8.04. The van der Waals surface area contributed by atoms with Crippen molar-refractivity contribution in [3.05, 3.63) is 0 Å². The maximum atomic E-state index is 11.0. The molecule has 0 unspecified atom stereocenters. The first-order valence-electron chi connectivity index (χ1n) is 3.03. The van der Waals surface area contributed by atoms with Gasteiger partial charge in [0.25, 0.3) is 0 Å². The molecule has 4 nitrogen and oxygen atoms in total. The summed E-state index contributed by atoms with van der Waals surface area (Å²) >= 11 is 0. The molecule has 0 N–H and O–H groups in total. The molecular weight excluding hydrogens is 178 g/mol. The van der Waals surface area contributed by atoms with Gasteiger partial charge in [-0.05, 0) is 13.8 Å². The van der Waals surface area contributed by atoms with Crippen molar-refractivity contribution in [1.29, 1.82) is 0 Å².